The molecule has 0 aliphatic carbocycles. The Morgan fingerprint density at radius 3 is 2.93 bits per heavy atom. The lowest BCUT2D eigenvalue weighted by Gasteiger charge is -2.38. The largest absolute Gasteiger partial charge is 0.481 e. The molecule has 0 saturated carbocycles. The van der Waals surface area contributed by atoms with Crippen molar-refractivity contribution >= 4 is 22.9 Å². The predicted octanol–water partition coefficient (Wildman–Crippen LogP) is 3.02. The molecule has 0 aromatic carbocycles. The van der Waals surface area contributed by atoms with Gasteiger partial charge in [0, 0.05) is 38.5 Å². The number of carbonyl (C=O) groups is 2. The Labute approximate surface area is 159 Å². The van der Waals surface area contributed by atoms with Gasteiger partial charge in [-0.15, -0.1) is 0 Å². The van der Waals surface area contributed by atoms with E-state index in [0.717, 1.165) is 42.5 Å². The molecule has 1 fully saturated rings. The van der Waals surface area contributed by atoms with Gasteiger partial charge in [0.1, 0.15) is 5.82 Å². The lowest BCUT2D eigenvalue weighted by Crippen LogP contribution is -2.45. The van der Waals surface area contributed by atoms with Gasteiger partial charge in [-0.25, -0.2) is 4.98 Å². The molecule has 0 radical (unpaired) electrons. The van der Waals surface area contributed by atoms with Crippen LogP contribution >= 0.6 is 0 Å². The van der Waals surface area contributed by atoms with Crippen molar-refractivity contribution in [3.8, 4) is 0 Å². The van der Waals surface area contributed by atoms with E-state index in [-0.39, 0.29) is 24.2 Å². The van der Waals surface area contributed by atoms with Crippen LogP contribution in [0.4, 0.5) is 0 Å². The molecule has 1 aliphatic heterocycles. The lowest BCUT2D eigenvalue weighted by atomic mass is 9.81. The van der Waals surface area contributed by atoms with Crippen LogP contribution in [-0.2, 0) is 16.0 Å². The Hall–Kier alpha value is -2.44. The number of fused-ring (bicyclic) bond motifs is 1. The number of amides is 1. The summed E-state index contributed by atoms with van der Waals surface area (Å²) >= 11 is 0. The number of nitrogens with zero attached hydrogens (tertiary/aromatic N) is 3. The van der Waals surface area contributed by atoms with Gasteiger partial charge < -0.3 is 15.0 Å². The number of aromatic nitrogens is 3. The minimum absolute atomic E-state index is 0.0635. The number of hydrogen-bond acceptors (Lipinski definition) is 4. The molecule has 2 N–H and O–H groups in total. The van der Waals surface area contributed by atoms with Crippen LogP contribution in [0, 0.1) is 11.8 Å². The van der Waals surface area contributed by atoms with Crippen LogP contribution in [0.5, 0.6) is 0 Å². The van der Waals surface area contributed by atoms with E-state index in [9.17, 15) is 14.7 Å². The number of likely N-dealkylation sites (tertiary alicyclic amines) is 1. The van der Waals surface area contributed by atoms with E-state index in [1.54, 1.807) is 12.4 Å². The number of piperidine rings is 1. The second-order valence-corrected chi connectivity index (χ2v) is 7.48. The van der Waals surface area contributed by atoms with Crippen LogP contribution in [0.25, 0.3) is 11.0 Å². The Bertz CT molecular complexity index is 755. The van der Waals surface area contributed by atoms with Gasteiger partial charge in [-0.1, -0.05) is 19.8 Å². The smallest absolute Gasteiger partial charge is 0.303 e. The van der Waals surface area contributed by atoms with Gasteiger partial charge in [-0.05, 0) is 30.7 Å². The van der Waals surface area contributed by atoms with E-state index >= 15 is 0 Å². The summed E-state index contributed by atoms with van der Waals surface area (Å²) in [6.45, 7) is 3.39. The first-order chi connectivity index (χ1) is 13.1. The highest BCUT2D eigenvalue weighted by Gasteiger charge is 2.33. The highest BCUT2D eigenvalue weighted by molar-refractivity contribution is 5.76. The molecule has 1 amide bonds. The summed E-state index contributed by atoms with van der Waals surface area (Å²) in [4.78, 5) is 37.7. The highest BCUT2D eigenvalue weighted by atomic mass is 16.4. The quantitative estimate of drug-likeness (QED) is 0.694. The van der Waals surface area contributed by atoms with Crippen LogP contribution in [0.2, 0.25) is 0 Å². The van der Waals surface area contributed by atoms with Crippen LogP contribution in [-0.4, -0.2) is 49.9 Å². The van der Waals surface area contributed by atoms with Crippen molar-refractivity contribution in [1.82, 2.24) is 19.9 Å². The van der Waals surface area contributed by atoms with E-state index in [1.807, 2.05) is 11.0 Å². The maximum absolute atomic E-state index is 12.5. The summed E-state index contributed by atoms with van der Waals surface area (Å²) in [5, 5.41) is 9.27. The zero-order chi connectivity index (χ0) is 19.2. The maximum atomic E-state index is 12.5. The number of aromatic amines is 1. The Morgan fingerprint density at radius 1 is 1.33 bits per heavy atom. The second-order valence-electron chi connectivity index (χ2n) is 7.48. The molecule has 0 bridgehead atoms. The van der Waals surface area contributed by atoms with E-state index in [0.29, 0.717) is 25.9 Å². The average molecular weight is 372 g/mol. The zero-order valence-corrected chi connectivity index (χ0v) is 15.9. The fourth-order valence-corrected chi connectivity index (χ4v) is 3.97. The number of pyridine rings is 1. The molecule has 1 saturated heterocycles. The van der Waals surface area contributed by atoms with Crippen LogP contribution < -0.4 is 0 Å². The van der Waals surface area contributed by atoms with E-state index in [2.05, 4.69) is 21.9 Å². The Kier molecular flexibility index (Phi) is 6.42. The zero-order valence-electron chi connectivity index (χ0n) is 15.9. The molecular formula is C20H28N4O3. The summed E-state index contributed by atoms with van der Waals surface area (Å²) in [5.74, 6) is 0.406. The monoisotopic (exact) mass is 372 g/mol. The molecule has 27 heavy (non-hydrogen) atoms. The third kappa shape index (κ3) is 5.05. The molecule has 7 nitrogen and oxygen atoms in total. The van der Waals surface area contributed by atoms with Crippen molar-refractivity contribution in [2.24, 2.45) is 11.8 Å². The number of imidazole rings is 1. The van der Waals surface area contributed by atoms with Crippen LogP contribution in [0.1, 0.15) is 51.3 Å². The summed E-state index contributed by atoms with van der Waals surface area (Å²) < 4.78 is 0. The minimum Gasteiger partial charge on any atom is -0.481 e. The minimum atomic E-state index is -0.776. The van der Waals surface area contributed by atoms with Crippen molar-refractivity contribution in [1.29, 1.82) is 0 Å². The second kappa shape index (κ2) is 8.97. The molecule has 7 heteroatoms. The molecule has 2 unspecified atom stereocenters. The van der Waals surface area contributed by atoms with Gasteiger partial charge in [0.15, 0.2) is 0 Å². The van der Waals surface area contributed by atoms with Crippen molar-refractivity contribution in [3.05, 3.63) is 24.3 Å². The van der Waals surface area contributed by atoms with Gasteiger partial charge in [-0.3, -0.25) is 14.6 Å². The van der Waals surface area contributed by atoms with Gasteiger partial charge >= 0.3 is 5.97 Å². The van der Waals surface area contributed by atoms with Gasteiger partial charge in [0.25, 0.3) is 0 Å². The molecule has 146 valence electrons. The summed E-state index contributed by atoms with van der Waals surface area (Å²) in [6.07, 6.45) is 8.64. The first-order valence-corrected chi connectivity index (χ1v) is 9.85. The Balaban J connectivity index is 1.70. The van der Waals surface area contributed by atoms with Gasteiger partial charge in [-0.2, -0.15) is 0 Å². The summed E-state index contributed by atoms with van der Waals surface area (Å²) in [6, 6.07) is 1.86. The fraction of sp³-hybridized carbons (Fsp3) is 0.600. The number of carbonyl (C=O) groups excluding carboxylic acids is 1. The van der Waals surface area contributed by atoms with Gasteiger partial charge in [0.05, 0.1) is 17.2 Å². The number of rotatable bonds is 8. The summed E-state index contributed by atoms with van der Waals surface area (Å²) in [7, 11) is 0. The number of nitrogens with one attached hydrogen (secondary N) is 1. The molecule has 0 spiro atoms. The SMILES string of the molecule is CCCCCC(=O)N1CCC(CC(=O)O)C(Cc2nc3ccncc3[nH]2)C1. The van der Waals surface area contributed by atoms with Crippen molar-refractivity contribution in [3.63, 3.8) is 0 Å². The van der Waals surface area contributed by atoms with Crippen LogP contribution in [0.15, 0.2) is 18.5 Å². The molecule has 2 aromatic rings. The molecule has 2 atom stereocenters. The lowest BCUT2D eigenvalue weighted by molar-refractivity contribution is -0.140. The standard InChI is InChI=1S/C20H28N4O3/c1-2-3-4-5-19(25)24-9-7-14(11-20(26)27)15(13-24)10-18-22-16-6-8-21-12-17(16)23-18/h6,8,12,14-15H,2-5,7,9-11,13H2,1H3,(H,22,23)(H,26,27). The van der Waals surface area contributed by atoms with Crippen molar-refractivity contribution in [2.75, 3.05) is 13.1 Å². The van der Waals surface area contributed by atoms with Gasteiger partial charge in [0.2, 0.25) is 5.91 Å². The predicted molar refractivity (Wildman–Crippen MR) is 102 cm³/mol. The Morgan fingerprint density at radius 2 is 2.19 bits per heavy atom. The molecular weight excluding hydrogens is 344 g/mol. The van der Waals surface area contributed by atoms with E-state index in [1.165, 1.54) is 0 Å². The molecule has 3 heterocycles. The van der Waals surface area contributed by atoms with Crippen molar-refractivity contribution in [2.45, 2.75) is 51.9 Å². The topological polar surface area (TPSA) is 99.2 Å². The number of unbranched alkanes of at least 4 members (excludes halogenated alkanes) is 2. The number of carboxylic acids is 1. The highest BCUT2D eigenvalue weighted by Crippen LogP contribution is 2.30. The molecule has 2 aromatic heterocycles. The maximum Gasteiger partial charge on any atom is 0.303 e. The van der Waals surface area contributed by atoms with E-state index in [4.69, 9.17) is 0 Å². The third-order valence-electron chi connectivity index (χ3n) is 5.46. The molecule has 3 rings (SSSR count). The number of aliphatic carboxylic acids is 1. The summed E-state index contributed by atoms with van der Waals surface area (Å²) in [5.41, 5.74) is 1.74. The van der Waals surface area contributed by atoms with Crippen molar-refractivity contribution < 1.29 is 14.7 Å². The number of carboxylic acid groups (broad SMARTS) is 1. The first kappa shape index (κ1) is 19.3. The number of H-pyrrole nitrogens is 1. The van der Waals surface area contributed by atoms with E-state index < -0.39 is 5.97 Å². The fourth-order valence-electron chi connectivity index (χ4n) is 3.97. The molecule has 1 aliphatic rings. The number of hydrogen-bond donors (Lipinski definition) is 2. The first-order valence-electron chi connectivity index (χ1n) is 9.85. The normalized spacial score (nSPS) is 20.1. The van der Waals surface area contributed by atoms with Crippen LogP contribution in [0.3, 0.4) is 0 Å². The third-order valence-corrected chi connectivity index (χ3v) is 5.46. The average Bonchev–Trinajstić information content (AvgIpc) is 3.05.